The van der Waals surface area contributed by atoms with E-state index in [1.807, 2.05) is 24.3 Å². The van der Waals surface area contributed by atoms with Gasteiger partial charge in [-0.05, 0) is 68.1 Å². The van der Waals surface area contributed by atoms with Crippen molar-refractivity contribution < 1.29 is 19.4 Å². The van der Waals surface area contributed by atoms with Crippen molar-refractivity contribution in [1.82, 2.24) is 10.3 Å². The maximum atomic E-state index is 13.3. The number of ether oxygens (including phenoxy) is 2. The predicted molar refractivity (Wildman–Crippen MR) is 155 cm³/mol. The molecule has 1 amide bonds. The van der Waals surface area contributed by atoms with E-state index in [4.69, 9.17) is 25.6 Å². The van der Waals surface area contributed by atoms with Gasteiger partial charge in [-0.25, -0.2) is 5.01 Å². The van der Waals surface area contributed by atoms with Gasteiger partial charge in [0, 0.05) is 36.2 Å². The molecule has 1 fully saturated rings. The maximum Gasteiger partial charge on any atom is 0.246 e. The number of anilines is 1. The molecule has 9 heteroatoms. The van der Waals surface area contributed by atoms with Crippen molar-refractivity contribution in [2.45, 2.75) is 57.5 Å². The van der Waals surface area contributed by atoms with Crippen LogP contribution in [-0.4, -0.2) is 55.6 Å². The highest BCUT2D eigenvalue weighted by atomic mass is 16.5. The molecule has 1 heterocycles. The molecule has 40 heavy (non-hydrogen) atoms. The third-order valence-electron chi connectivity index (χ3n) is 7.99. The number of hydrazone groups is 1. The van der Waals surface area contributed by atoms with E-state index >= 15 is 0 Å². The molecule has 4 rings (SSSR count). The first kappa shape index (κ1) is 29.4. The fraction of sp³-hybridized carbons (Fsp3) is 0.516. The fourth-order valence-corrected chi connectivity index (χ4v) is 5.73. The number of carbonyl (C=O) groups excluding carboxylic acids is 1. The lowest BCUT2D eigenvalue weighted by Gasteiger charge is -2.38. The van der Waals surface area contributed by atoms with Gasteiger partial charge in [0.2, 0.25) is 5.91 Å². The molecule has 0 radical (unpaired) electrons. The number of rotatable bonds is 13. The highest BCUT2D eigenvalue weighted by molar-refractivity contribution is 6.07. The highest BCUT2D eigenvalue weighted by Crippen LogP contribution is 2.39. The van der Waals surface area contributed by atoms with Crippen LogP contribution in [0.15, 0.2) is 41.5 Å². The Bertz CT molecular complexity index is 1240. The summed E-state index contributed by atoms with van der Waals surface area (Å²) < 4.78 is 10.9. The van der Waals surface area contributed by atoms with Gasteiger partial charge in [-0.1, -0.05) is 31.7 Å². The van der Waals surface area contributed by atoms with E-state index in [9.17, 15) is 9.90 Å². The molecule has 1 aliphatic heterocycles. The Kier molecular flexibility index (Phi) is 10.4. The molecule has 2 aromatic carbocycles. The van der Waals surface area contributed by atoms with Crippen LogP contribution < -0.4 is 20.5 Å². The van der Waals surface area contributed by atoms with Crippen LogP contribution in [0.4, 0.5) is 5.69 Å². The molecular formula is C31H41N5O4. The minimum atomic E-state index is -0.695. The van der Waals surface area contributed by atoms with Crippen LogP contribution in [0.3, 0.4) is 0 Å². The largest absolute Gasteiger partial charge is 0.493 e. The second-order valence-corrected chi connectivity index (χ2v) is 10.6. The number of aliphatic hydroxyl groups excluding tert-OH is 1. The Balaban J connectivity index is 1.26. The SMILES string of the molecule is COc1ccc(C2=NN(CCCCCCNCC(O)c3ccc(N)c(C#N)c3)C(=O)C3CCCCC23)cc1OC. The number of fused-ring (bicyclic) bond motifs is 1. The lowest BCUT2D eigenvalue weighted by Crippen LogP contribution is -2.46. The van der Waals surface area contributed by atoms with Crippen molar-refractivity contribution in [2.75, 3.05) is 39.6 Å². The standard InChI is InChI=1S/C31H41N5O4/c1-39-28-14-12-22(18-29(28)40-2)30-24-9-5-6-10-25(24)31(38)36(35-30)16-8-4-3-7-15-34-20-27(37)21-11-13-26(33)23(17-21)19-32/h11-14,17-18,24-25,27,34,37H,3-10,15-16,20,33H2,1-2H3. The van der Waals surface area contributed by atoms with Crippen molar-refractivity contribution in [3.63, 3.8) is 0 Å². The molecular weight excluding hydrogens is 506 g/mol. The van der Waals surface area contributed by atoms with Gasteiger partial charge in [0.05, 0.1) is 31.6 Å². The Hall–Kier alpha value is -3.61. The number of benzene rings is 2. The number of nitrogen functional groups attached to an aromatic ring is 1. The summed E-state index contributed by atoms with van der Waals surface area (Å²) in [6.07, 6.45) is 7.27. The molecule has 214 valence electrons. The zero-order chi connectivity index (χ0) is 28.5. The van der Waals surface area contributed by atoms with Crippen LogP contribution >= 0.6 is 0 Å². The molecule has 3 unspecified atom stereocenters. The molecule has 2 aliphatic rings. The van der Waals surface area contributed by atoms with Crippen molar-refractivity contribution in [1.29, 1.82) is 5.26 Å². The number of nitriles is 1. The number of nitrogens with one attached hydrogen (secondary N) is 1. The topological polar surface area (TPSA) is 133 Å². The van der Waals surface area contributed by atoms with Gasteiger partial charge < -0.3 is 25.6 Å². The van der Waals surface area contributed by atoms with Gasteiger partial charge in [0.25, 0.3) is 0 Å². The lowest BCUT2D eigenvalue weighted by atomic mass is 9.73. The number of nitrogens with zero attached hydrogens (tertiary/aromatic N) is 3. The smallest absolute Gasteiger partial charge is 0.246 e. The van der Waals surface area contributed by atoms with Crippen LogP contribution in [0.1, 0.15) is 74.2 Å². The van der Waals surface area contributed by atoms with Gasteiger partial charge in [-0.15, -0.1) is 0 Å². The van der Waals surface area contributed by atoms with E-state index in [0.717, 1.165) is 69.2 Å². The number of nitrogens with two attached hydrogens (primary N) is 1. The zero-order valence-corrected chi connectivity index (χ0v) is 23.6. The van der Waals surface area contributed by atoms with E-state index in [-0.39, 0.29) is 17.7 Å². The Labute approximate surface area is 237 Å². The molecule has 0 aromatic heterocycles. The van der Waals surface area contributed by atoms with Crippen LogP contribution in [0, 0.1) is 23.2 Å². The summed E-state index contributed by atoms with van der Waals surface area (Å²) in [5.74, 6) is 1.65. The minimum absolute atomic E-state index is 0.00438. The van der Waals surface area contributed by atoms with E-state index in [1.165, 1.54) is 0 Å². The number of aliphatic hydroxyl groups is 1. The van der Waals surface area contributed by atoms with Crippen LogP contribution in [0.5, 0.6) is 11.5 Å². The zero-order valence-electron chi connectivity index (χ0n) is 23.6. The highest BCUT2D eigenvalue weighted by Gasteiger charge is 2.41. The van der Waals surface area contributed by atoms with Gasteiger partial charge in [-0.3, -0.25) is 4.79 Å². The number of hydrogen-bond donors (Lipinski definition) is 3. The monoisotopic (exact) mass is 547 g/mol. The first-order chi connectivity index (χ1) is 19.5. The van der Waals surface area contributed by atoms with Crippen LogP contribution in [0.2, 0.25) is 0 Å². The molecule has 2 aromatic rings. The molecule has 0 bridgehead atoms. The first-order valence-corrected chi connectivity index (χ1v) is 14.3. The number of amides is 1. The van der Waals surface area contributed by atoms with Gasteiger partial charge >= 0.3 is 0 Å². The molecule has 1 aliphatic carbocycles. The molecule has 4 N–H and O–H groups in total. The Morgan fingerprint density at radius 1 is 1.07 bits per heavy atom. The quantitative estimate of drug-likeness (QED) is 0.250. The minimum Gasteiger partial charge on any atom is -0.493 e. The normalized spacial score (nSPS) is 19.4. The van der Waals surface area contributed by atoms with Crippen molar-refractivity contribution >= 4 is 17.3 Å². The van der Waals surface area contributed by atoms with E-state index in [1.54, 1.807) is 37.4 Å². The average Bonchev–Trinajstić information content (AvgIpc) is 2.99. The number of methoxy groups -OCH3 is 2. The Morgan fingerprint density at radius 2 is 1.82 bits per heavy atom. The summed E-state index contributed by atoms with van der Waals surface area (Å²) in [4.78, 5) is 13.3. The number of unbranched alkanes of at least 4 members (excludes halogenated alkanes) is 3. The third-order valence-corrected chi connectivity index (χ3v) is 7.99. The van der Waals surface area contributed by atoms with E-state index in [0.29, 0.717) is 41.4 Å². The summed E-state index contributed by atoms with van der Waals surface area (Å²) >= 11 is 0. The van der Waals surface area contributed by atoms with Crippen molar-refractivity contribution in [3.8, 4) is 17.6 Å². The average molecular weight is 548 g/mol. The molecule has 9 nitrogen and oxygen atoms in total. The Morgan fingerprint density at radius 3 is 2.58 bits per heavy atom. The van der Waals surface area contributed by atoms with Gasteiger partial charge in [-0.2, -0.15) is 10.4 Å². The summed E-state index contributed by atoms with van der Waals surface area (Å²) in [7, 11) is 3.26. The molecule has 3 atom stereocenters. The molecule has 0 saturated heterocycles. The fourth-order valence-electron chi connectivity index (χ4n) is 5.73. The van der Waals surface area contributed by atoms with E-state index < -0.39 is 6.10 Å². The maximum absolute atomic E-state index is 13.3. The summed E-state index contributed by atoms with van der Waals surface area (Å²) in [6, 6.07) is 13.0. The van der Waals surface area contributed by atoms with Crippen LogP contribution in [-0.2, 0) is 4.79 Å². The van der Waals surface area contributed by atoms with Crippen LogP contribution in [0.25, 0.3) is 0 Å². The summed E-state index contributed by atoms with van der Waals surface area (Å²) in [5.41, 5.74) is 9.20. The van der Waals surface area contributed by atoms with E-state index in [2.05, 4.69) is 5.32 Å². The number of hydrogen-bond acceptors (Lipinski definition) is 8. The molecule has 1 saturated carbocycles. The summed E-state index contributed by atoms with van der Waals surface area (Å²) in [6.45, 7) is 1.81. The first-order valence-electron chi connectivity index (χ1n) is 14.3. The lowest BCUT2D eigenvalue weighted by molar-refractivity contribution is -0.139. The van der Waals surface area contributed by atoms with Crippen molar-refractivity contribution in [2.24, 2.45) is 16.9 Å². The second-order valence-electron chi connectivity index (χ2n) is 10.6. The second kappa shape index (κ2) is 14.1. The number of carbonyl (C=O) groups is 1. The third kappa shape index (κ3) is 6.93. The van der Waals surface area contributed by atoms with Gasteiger partial charge in [0.15, 0.2) is 11.5 Å². The summed E-state index contributed by atoms with van der Waals surface area (Å²) in [5, 5.41) is 29.4. The molecule has 0 spiro atoms. The van der Waals surface area contributed by atoms with Gasteiger partial charge in [0.1, 0.15) is 6.07 Å². The predicted octanol–water partition coefficient (Wildman–Crippen LogP) is 4.39. The van der Waals surface area contributed by atoms with Crippen molar-refractivity contribution in [3.05, 3.63) is 53.1 Å².